The van der Waals surface area contributed by atoms with Crippen LogP contribution < -0.4 is 5.32 Å². The summed E-state index contributed by atoms with van der Waals surface area (Å²) in [5, 5.41) is 3.36. The molecule has 0 saturated carbocycles. The van der Waals surface area contributed by atoms with E-state index < -0.39 is 0 Å². The van der Waals surface area contributed by atoms with Crippen LogP contribution in [0.3, 0.4) is 0 Å². The Balaban J connectivity index is 1.68. The molecular weight excluding hydrogens is 316 g/mol. The maximum atomic E-state index is 12.0. The van der Waals surface area contributed by atoms with E-state index in [1.165, 1.54) is 17.5 Å². The van der Waals surface area contributed by atoms with Crippen LogP contribution in [-0.2, 0) is 11.3 Å². The van der Waals surface area contributed by atoms with Gasteiger partial charge in [-0.1, -0.05) is 28.1 Å². The van der Waals surface area contributed by atoms with Crippen molar-refractivity contribution in [1.82, 2.24) is 10.2 Å². The summed E-state index contributed by atoms with van der Waals surface area (Å²) in [4.78, 5) is 14.0. The zero-order valence-corrected chi connectivity index (χ0v) is 13.7. The van der Waals surface area contributed by atoms with Gasteiger partial charge in [0.15, 0.2) is 0 Å². The van der Waals surface area contributed by atoms with Gasteiger partial charge in [0.25, 0.3) is 0 Å². The number of benzene rings is 1. The van der Waals surface area contributed by atoms with E-state index in [1.807, 2.05) is 4.90 Å². The van der Waals surface area contributed by atoms with Crippen molar-refractivity contribution >= 4 is 21.8 Å². The van der Waals surface area contributed by atoms with Crippen molar-refractivity contribution in [2.45, 2.75) is 39.2 Å². The highest BCUT2D eigenvalue weighted by Gasteiger charge is 2.15. The summed E-state index contributed by atoms with van der Waals surface area (Å²) in [6.45, 7) is 5.56. The molecule has 4 heteroatoms. The fraction of sp³-hybridized carbons (Fsp3) is 0.562. The monoisotopic (exact) mass is 338 g/mol. The second kappa shape index (κ2) is 7.79. The van der Waals surface area contributed by atoms with Crippen LogP contribution in [0.25, 0.3) is 0 Å². The molecule has 0 radical (unpaired) electrons. The Bertz CT molecular complexity index is 456. The number of nitrogens with zero attached hydrogens (tertiary/aromatic N) is 1. The van der Waals surface area contributed by atoms with E-state index in [2.05, 4.69) is 46.4 Å². The number of amides is 1. The smallest absolute Gasteiger partial charge is 0.223 e. The van der Waals surface area contributed by atoms with Gasteiger partial charge in [-0.3, -0.25) is 4.79 Å². The predicted molar refractivity (Wildman–Crippen MR) is 85.6 cm³/mol. The van der Waals surface area contributed by atoms with Crippen LogP contribution in [0.15, 0.2) is 22.7 Å². The molecule has 0 atom stereocenters. The number of rotatable bonds is 5. The fourth-order valence-electron chi connectivity index (χ4n) is 2.55. The van der Waals surface area contributed by atoms with Crippen LogP contribution >= 0.6 is 15.9 Å². The zero-order chi connectivity index (χ0) is 14.4. The molecule has 1 aliphatic rings. The molecule has 1 aromatic rings. The minimum Gasteiger partial charge on any atom is -0.343 e. The van der Waals surface area contributed by atoms with Gasteiger partial charge in [-0.15, -0.1) is 0 Å². The number of carbonyl (C=O) groups is 1. The average molecular weight is 339 g/mol. The number of aryl methyl sites for hydroxylation is 1. The van der Waals surface area contributed by atoms with E-state index in [9.17, 15) is 4.79 Å². The lowest BCUT2D eigenvalue weighted by Crippen LogP contribution is -2.37. The average Bonchev–Trinajstić information content (AvgIpc) is 2.48. The van der Waals surface area contributed by atoms with Crippen LogP contribution in [0.4, 0.5) is 0 Å². The highest BCUT2D eigenvalue weighted by molar-refractivity contribution is 9.10. The van der Waals surface area contributed by atoms with Gasteiger partial charge in [0.2, 0.25) is 5.91 Å². The lowest BCUT2D eigenvalue weighted by Gasteiger charge is -2.26. The topological polar surface area (TPSA) is 32.3 Å². The van der Waals surface area contributed by atoms with Crippen LogP contribution in [0, 0.1) is 6.92 Å². The molecule has 1 aromatic carbocycles. The third kappa shape index (κ3) is 4.60. The van der Waals surface area contributed by atoms with E-state index in [-0.39, 0.29) is 0 Å². The van der Waals surface area contributed by atoms with Crippen molar-refractivity contribution in [1.29, 1.82) is 0 Å². The lowest BCUT2D eigenvalue weighted by atomic mass is 10.1. The third-order valence-corrected chi connectivity index (χ3v) is 4.67. The maximum Gasteiger partial charge on any atom is 0.223 e. The molecule has 1 N–H and O–H groups in total. The summed E-state index contributed by atoms with van der Waals surface area (Å²) in [6, 6.07) is 6.35. The van der Waals surface area contributed by atoms with Crippen molar-refractivity contribution in [2.24, 2.45) is 0 Å². The number of piperidine rings is 1. The minimum absolute atomic E-state index is 0.296. The van der Waals surface area contributed by atoms with Crippen molar-refractivity contribution in [3.05, 3.63) is 33.8 Å². The molecule has 0 aromatic heterocycles. The maximum absolute atomic E-state index is 12.0. The second-order valence-electron chi connectivity index (χ2n) is 5.45. The van der Waals surface area contributed by atoms with E-state index >= 15 is 0 Å². The van der Waals surface area contributed by atoms with Crippen LogP contribution in [0.2, 0.25) is 0 Å². The van der Waals surface area contributed by atoms with E-state index in [0.717, 1.165) is 43.5 Å². The number of likely N-dealkylation sites (tertiary alicyclic amines) is 1. The zero-order valence-electron chi connectivity index (χ0n) is 12.1. The molecule has 1 heterocycles. The van der Waals surface area contributed by atoms with Crippen molar-refractivity contribution in [3.63, 3.8) is 0 Å². The normalized spacial score (nSPS) is 15.4. The van der Waals surface area contributed by atoms with E-state index in [1.54, 1.807) is 0 Å². The molecule has 0 spiro atoms. The molecule has 0 bridgehead atoms. The summed E-state index contributed by atoms with van der Waals surface area (Å²) in [5.74, 6) is 0.296. The first-order valence-electron chi connectivity index (χ1n) is 7.40. The molecule has 1 aliphatic heterocycles. The Morgan fingerprint density at radius 2 is 2.05 bits per heavy atom. The quantitative estimate of drug-likeness (QED) is 0.836. The molecule has 0 unspecified atom stereocenters. The summed E-state index contributed by atoms with van der Waals surface area (Å²) < 4.78 is 1.14. The SMILES string of the molecule is Cc1cc(CNCCC(=O)N2CCCCC2)ccc1Br. The van der Waals surface area contributed by atoms with Gasteiger partial charge < -0.3 is 10.2 Å². The van der Waals surface area contributed by atoms with Gasteiger partial charge in [0.1, 0.15) is 0 Å². The largest absolute Gasteiger partial charge is 0.343 e. The summed E-state index contributed by atoms with van der Waals surface area (Å²) >= 11 is 3.50. The Morgan fingerprint density at radius 1 is 1.30 bits per heavy atom. The van der Waals surface area contributed by atoms with Crippen molar-refractivity contribution in [3.8, 4) is 0 Å². The molecule has 110 valence electrons. The van der Waals surface area contributed by atoms with Gasteiger partial charge in [-0.05, 0) is 43.4 Å². The summed E-state index contributed by atoms with van der Waals surface area (Å²) in [7, 11) is 0. The standard InChI is InChI=1S/C16H23BrN2O/c1-13-11-14(5-6-15(13)17)12-18-8-7-16(20)19-9-3-2-4-10-19/h5-6,11,18H,2-4,7-10,12H2,1H3. The van der Waals surface area contributed by atoms with Gasteiger partial charge in [-0.25, -0.2) is 0 Å². The molecule has 1 amide bonds. The molecule has 3 nitrogen and oxygen atoms in total. The van der Waals surface area contributed by atoms with Crippen LogP contribution in [-0.4, -0.2) is 30.4 Å². The fourth-order valence-corrected chi connectivity index (χ4v) is 2.79. The first-order valence-corrected chi connectivity index (χ1v) is 8.19. The Kier molecular flexibility index (Phi) is 6.05. The molecule has 1 saturated heterocycles. The van der Waals surface area contributed by atoms with Crippen molar-refractivity contribution in [2.75, 3.05) is 19.6 Å². The number of hydrogen-bond acceptors (Lipinski definition) is 2. The molecular formula is C16H23BrN2O. The van der Waals surface area contributed by atoms with Crippen LogP contribution in [0.1, 0.15) is 36.8 Å². The first-order chi connectivity index (χ1) is 9.66. The van der Waals surface area contributed by atoms with Gasteiger partial charge >= 0.3 is 0 Å². The van der Waals surface area contributed by atoms with Gasteiger partial charge in [0.05, 0.1) is 0 Å². The highest BCUT2D eigenvalue weighted by atomic mass is 79.9. The Hall–Kier alpha value is -0.870. The molecule has 20 heavy (non-hydrogen) atoms. The predicted octanol–water partition coefficient (Wildman–Crippen LogP) is 3.25. The molecule has 1 fully saturated rings. The van der Waals surface area contributed by atoms with Gasteiger partial charge in [0, 0.05) is 37.1 Å². The molecule has 2 rings (SSSR count). The second-order valence-corrected chi connectivity index (χ2v) is 6.31. The number of nitrogens with one attached hydrogen (secondary N) is 1. The lowest BCUT2D eigenvalue weighted by molar-refractivity contribution is -0.131. The van der Waals surface area contributed by atoms with E-state index in [4.69, 9.17) is 0 Å². The molecule has 0 aliphatic carbocycles. The number of halogens is 1. The summed E-state index contributed by atoms with van der Waals surface area (Å²) in [5.41, 5.74) is 2.50. The Labute approximate surface area is 129 Å². The summed E-state index contributed by atoms with van der Waals surface area (Å²) in [6.07, 6.45) is 4.20. The first kappa shape index (κ1) is 15.5. The van der Waals surface area contributed by atoms with E-state index in [0.29, 0.717) is 12.3 Å². The van der Waals surface area contributed by atoms with Crippen LogP contribution in [0.5, 0.6) is 0 Å². The number of carbonyl (C=O) groups excluding carboxylic acids is 1. The minimum atomic E-state index is 0.296. The highest BCUT2D eigenvalue weighted by Crippen LogP contribution is 2.17. The van der Waals surface area contributed by atoms with Crippen molar-refractivity contribution < 1.29 is 4.79 Å². The number of hydrogen-bond donors (Lipinski definition) is 1. The Morgan fingerprint density at radius 3 is 2.75 bits per heavy atom. The van der Waals surface area contributed by atoms with Gasteiger partial charge in [-0.2, -0.15) is 0 Å². The third-order valence-electron chi connectivity index (χ3n) is 3.78.